The summed E-state index contributed by atoms with van der Waals surface area (Å²) >= 11 is 0. The lowest BCUT2D eigenvalue weighted by Gasteiger charge is -2.14. The van der Waals surface area contributed by atoms with Crippen molar-refractivity contribution >= 4 is 6.03 Å². The van der Waals surface area contributed by atoms with Gasteiger partial charge in [-0.05, 0) is 13.3 Å². The molecular weight excluding hydrogens is 220 g/mol. The van der Waals surface area contributed by atoms with E-state index in [1.165, 1.54) is 0 Å². The summed E-state index contributed by atoms with van der Waals surface area (Å²) < 4.78 is 1.76. The second-order valence-electron chi connectivity index (χ2n) is 3.99. The van der Waals surface area contributed by atoms with Crippen molar-refractivity contribution < 1.29 is 9.90 Å². The average molecular weight is 240 g/mol. The second kappa shape index (κ2) is 6.24. The fourth-order valence-electron chi connectivity index (χ4n) is 1.41. The van der Waals surface area contributed by atoms with E-state index in [1.54, 1.807) is 10.9 Å². The van der Waals surface area contributed by atoms with Crippen molar-refractivity contribution in [2.24, 2.45) is 7.05 Å². The van der Waals surface area contributed by atoms with Crippen LogP contribution in [0.1, 0.15) is 24.6 Å². The molecule has 2 amide bonds. The molecule has 1 rings (SSSR count). The number of rotatable bonds is 5. The molecule has 0 aliphatic rings. The van der Waals surface area contributed by atoms with Gasteiger partial charge < -0.3 is 15.7 Å². The molecular formula is C11H20N4O2. The molecule has 1 atom stereocenters. The molecule has 17 heavy (non-hydrogen) atoms. The Bertz CT molecular complexity index is 372. The molecule has 1 unspecified atom stereocenters. The Hall–Kier alpha value is -1.56. The molecule has 6 heteroatoms. The Morgan fingerprint density at radius 1 is 1.65 bits per heavy atom. The summed E-state index contributed by atoms with van der Waals surface area (Å²) in [6.07, 6.45) is 2.44. The first kappa shape index (κ1) is 13.5. The van der Waals surface area contributed by atoms with Crippen molar-refractivity contribution in [1.29, 1.82) is 0 Å². The lowest BCUT2D eigenvalue weighted by Crippen LogP contribution is -2.43. The molecule has 0 fully saturated rings. The SMILES string of the molecule is CCC(CO)NC(=O)NCc1cnn(C)c1C. The smallest absolute Gasteiger partial charge is 0.315 e. The highest BCUT2D eigenvalue weighted by atomic mass is 16.3. The molecule has 0 aromatic carbocycles. The van der Waals surface area contributed by atoms with Gasteiger partial charge in [-0.1, -0.05) is 6.92 Å². The molecule has 1 aromatic rings. The van der Waals surface area contributed by atoms with Gasteiger partial charge in [-0.3, -0.25) is 4.68 Å². The maximum atomic E-state index is 11.5. The largest absolute Gasteiger partial charge is 0.394 e. The number of hydrogen-bond acceptors (Lipinski definition) is 3. The second-order valence-corrected chi connectivity index (χ2v) is 3.99. The quantitative estimate of drug-likeness (QED) is 0.692. The fraction of sp³-hybridized carbons (Fsp3) is 0.636. The number of carbonyl (C=O) groups is 1. The van der Waals surface area contributed by atoms with Gasteiger partial charge in [-0.15, -0.1) is 0 Å². The normalized spacial score (nSPS) is 12.2. The van der Waals surface area contributed by atoms with Crippen LogP contribution in [0.15, 0.2) is 6.20 Å². The molecule has 0 aliphatic heterocycles. The minimum atomic E-state index is -0.269. The van der Waals surface area contributed by atoms with Crippen LogP contribution in [-0.2, 0) is 13.6 Å². The van der Waals surface area contributed by atoms with Crippen molar-refractivity contribution in [2.75, 3.05) is 6.61 Å². The van der Waals surface area contributed by atoms with Crippen LogP contribution in [0.4, 0.5) is 4.79 Å². The zero-order valence-corrected chi connectivity index (χ0v) is 10.5. The van der Waals surface area contributed by atoms with Gasteiger partial charge in [0.05, 0.1) is 18.8 Å². The van der Waals surface area contributed by atoms with E-state index >= 15 is 0 Å². The predicted molar refractivity (Wildman–Crippen MR) is 64.5 cm³/mol. The lowest BCUT2D eigenvalue weighted by atomic mass is 10.2. The number of aromatic nitrogens is 2. The van der Waals surface area contributed by atoms with E-state index in [4.69, 9.17) is 5.11 Å². The van der Waals surface area contributed by atoms with Gasteiger partial charge in [0.25, 0.3) is 0 Å². The van der Waals surface area contributed by atoms with Gasteiger partial charge in [0.2, 0.25) is 0 Å². The van der Waals surface area contributed by atoms with Crippen LogP contribution in [0.3, 0.4) is 0 Å². The molecule has 0 saturated carbocycles. The highest BCUT2D eigenvalue weighted by Gasteiger charge is 2.09. The number of aryl methyl sites for hydroxylation is 1. The Kier molecular flexibility index (Phi) is 4.96. The van der Waals surface area contributed by atoms with Crippen LogP contribution in [0, 0.1) is 6.92 Å². The summed E-state index contributed by atoms with van der Waals surface area (Å²) in [5, 5.41) is 18.5. The molecule has 0 radical (unpaired) electrons. The first-order chi connectivity index (χ1) is 8.08. The minimum absolute atomic E-state index is 0.0458. The van der Waals surface area contributed by atoms with Crippen molar-refractivity contribution in [3.63, 3.8) is 0 Å². The van der Waals surface area contributed by atoms with Gasteiger partial charge >= 0.3 is 6.03 Å². The van der Waals surface area contributed by atoms with Crippen LogP contribution < -0.4 is 10.6 Å². The lowest BCUT2D eigenvalue weighted by molar-refractivity contribution is 0.214. The van der Waals surface area contributed by atoms with E-state index in [2.05, 4.69) is 15.7 Å². The van der Waals surface area contributed by atoms with Crippen LogP contribution in [0.2, 0.25) is 0 Å². The van der Waals surface area contributed by atoms with Gasteiger partial charge in [0.1, 0.15) is 0 Å². The molecule has 1 heterocycles. The van der Waals surface area contributed by atoms with E-state index in [-0.39, 0.29) is 18.7 Å². The minimum Gasteiger partial charge on any atom is -0.394 e. The number of nitrogens with zero attached hydrogens (tertiary/aromatic N) is 2. The summed E-state index contributed by atoms with van der Waals surface area (Å²) in [5.41, 5.74) is 2.01. The molecule has 6 nitrogen and oxygen atoms in total. The predicted octanol–water partition coefficient (Wildman–Crippen LogP) is 0.299. The Balaban J connectivity index is 2.40. The third-order valence-electron chi connectivity index (χ3n) is 2.82. The zero-order valence-electron chi connectivity index (χ0n) is 10.5. The van der Waals surface area contributed by atoms with Gasteiger partial charge in [0, 0.05) is 24.8 Å². The van der Waals surface area contributed by atoms with E-state index in [9.17, 15) is 4.79 Å². The van der Waals surface area contributed by atoms with Crippen molar-refractivity contribution in [3.05, 3.63) is 17.5 Å². The van der Waals surface area contributed by atoms with Crippen molar-refractivity contribution in [1.82, 2.24) is 20.4 Å². The molecule has 0 spiro atoms. The molecule has 0 saturated heterocycles. The van der Waals surface area contributed by atoms with Crippen molar-refractivity contribution in [2.45, 2.75) is 32.9 Å². The summed E-state index contributed by atoms with van der Waals surface area (Å²) in [6.45, 7) is 4.25. The maximum Gasteiger partial charge on any atom is 0.315 e. The van der Waals surface area contributed by atoms with E-state index in [0.717, 1.165) is 11.3 Å². The number of urea groups is 1. The standard InChI is InChI=1S/C11H20N4O2/c1-4-10(7-16)14-11(17)12-5-9-6-13-15(3)8(9)2/h6,10,16H,4-5,7H2,1-3H3,(H2,12,14,17). The molecule has 3 N–H and O–H groups in total. The van der Waals surface area contributed by atoms with Gasteiger partial charge in [-0.25, -0.2) is 4.79 Å². The number of nitrogens with one attached hydrogen (secondary N) is 2. The highest BCUT2D eigenvalue weighted by Crippen LogP contribution is 2.04. The van der Waals surface area contributed by atoms with Crippen molar-refractivity contribution in [3.8, 4) is 0 Å². The maximum absolute atomic E-state index is 11.5. The topological polar surface area (TPSA) is 79.2 Å². The molecule has 96 valence electrons. The fourth-order valence-corrected chi connectivity index (χ4v) is 1.41. The zero-order chi connectivity index (χ0) is 12.8. The average Bonchev–Trinajstić information content (AvgIpc) is 2.64. The van der Waals surface area contributed by atoms with Crippen LogP contribution in [0.5, 0.6) is 0 Å². The molecule has 0 bridgehead atoms. The summed E-state index contributed by atoms with van der Waals surface area (Å²) in [7, 11) is 1.86. The first-order valence-corrected chi connectivity index (χ1v) is 5.71. The van der Waals surface area contributed by atoms with Crippen LogP contribution in [0.25, 0.3) is 0 Å². The van der Waals surface area contributed by atoms with E-state index in [1.807, 2.05) is 20.9 Å². The van der Waals surface area contributed by atoms with Gasteiger partial charge in [0.15, 0.2) is 0 Å². The van der Waals surface area contributed by atoms with Crippen LogP contribution in [-0.4, -0.2) is 33.6 Å². The van der Waals surface area contributed by atoms with E-state index < -0.39 is 0 Å². The monoisotopic (exact) mass is 240 g/mol. The number of aliphatic hydroxyl groups is 1. The first-order valence-electron chi connectivity index (χ1n) is 5.71. The number of aliphatic hydroxyl groups excluding tert-OH is 1. The summed E-state index contributed by atoms with van der Waals surface area (Å²) in [4.78, 5) is 11.5. The third-order valence-corrected chi connectivity index (χ3v) is 2.82. The number of carbonyl (C=O) groups excluding carboxylic acids is 1. The number of hydrogen-bond donors (Lipinski definition) is 3. The molecule has 0 aliphatic carbocycles. The Morgan fingerprint density at radius 2 is 2.35 bits per heavy atom. The Labute approximate surface area is 101 Å². The Morgan fingerprint density at radius 3 is 2.82 bits per heavy atom. The molecule has 1 aromatic heterocycles. The van der Waals surface area contributed by atoms with Gasteiger partial charge in [-0.2, -0.15) is 5.10 Å². The highest BCUT2D eigenvalue weighted by molar-refractivity contribution is 5.74. The summed E-state index contributed by atoms with van der Waals surface area (Å²) in [6, 6.07) is -0.459. The summed E-state index contributed by atoms with van der Waals surface area (Å²) in [5.74, 6) is 0. The van der Waals surface area contributed by atoms with Crippen LogP contribution >= 0.6 is 0 Å². The third kappa shape index (κ3) is 3.74. The van der Waals surface area contributed by atoms with E-state index in [0.29, 0.717) is 13.0 Å². The number of amides is 2.